The fraction of sp³-hybridized carbons (Fsp3) is 0.231. The zero-order valence-corrected chi connectivity index (χ0v) is 11.2. The Hall–Kier alpha value is -1.69. The minimum absolute atomic E-state index is 0.307. The maximum absolute atomic E-state index is 13.5. The standard InChI is InChI=1S/C13H13F2N3S/c1-2-3-12-17-11(16)7-13(18-12)19-10-5-4-8(14)6-9(10)15/h4-7H,2-3H2,1H3,(H2,16,17,18). The van der Waals surface area contributed by atoms with Crippen LogP contribution in [0.5, 0.6) is 0 Å². The summed E-state index contributed by atoms with van der Waals surface area (Å²) in [4.78, 5) is 8.70. The molecule has 2 aromatic rings. The Bertz CT molecular complexity index is 590. The number of hydrogen-bond acceptors (Lipinski definition) is 4. The van der Waals surface area contributed by atoms with Crippen molar-refractivity contribution < 1.29 is 8.78 Å². The number of nitrogen functional groups attached to an aromatic ring is 1. The van der Waals surface area contributed by atoms with E-state index in [9.17, 15) is 8.78 Å². The normalized spacial score (nSPS) is 10.7. The van der Waals surface area contributed by atoms with E-state index >= 15 is 0 Å². The fourth-order valence-electron chi connectivity index (χ4n) is 1.55. The third-order valence-electron chi connectivity index (χ3n) is 2.35. The number of benzene rings is 1. The Morgan fingerprint density at radius 2 is 2.00 bits per heavy atom. The van der Waals surface area contributed by atoms with Gasteiger partial charge in [-0.1, -0.05) is 18.7 Å². The quantitative estimate of drug-likeness (QED) is 0.872. The molecule has 0 aliphatic carbocycles. The van der Waals surface area contributed by atoms with Crippen LogP contribution in [0.25, 0.3) is 0 Å². The molecule has 1 heterocycles. The molecule has 19 heavy (non-hydrogen) atoms. The lowest BCUT2D eigenvalue weighted by molar-refractivity contribution is 0.565. The molecule has 1 aromatic carbocycles. The maximum atomic E-state index is 13.5. The first-order valence-electron chi connectivity index (χ1n) is 5.85. The molecule has 100 valence electrons. The third-order valence-corrected chi connectivity index (χ3v) is 3.32. The number of nitrogens with zero attached hydrogens (tertiary/aromatic N) is 2. The van der Waals surface area contributed by atoms with Gasteiger partial charge in [-0.05, 0) is 18.6 Å². The van der Waals surface area contributed by atoms with E-state index in [4.69, 9.17) is 5.73 Å². The molecule has 0 unspecified atom stereocenters. The number of aryl methyl sites for hydroxylation is 1. The Morgan fingerprint density at radius 1 is 1.21 bits per heavy atom. The van der Waals surface area contributed by atoms with Gasteiger partial charge < -0.3 is 5.73 Å². The van der Waals surface area contributed by atoms with E-state index in [0.29, 0.717) is 28.0 Å². The molecule has 6 heteroatoms. The first-order chi connectivity index (χ1) is 9.08. The molecule has 0 fully saturated rings. The highest BCUT2D eigenvalue weighted by molar-refractivity contribution is 7.99. The third kappa shape index (κ3) is 3.64. The van der Waals surface area contributed by atoms with Crippen LogP contribution in [0, 0.1) is 11.6 Å². The van der Waals surface area contributed by atoms with Crippen LogP contribution in [0.4, 0.5) is 14.6 Å². The van der Waals surface area contributed by atoms with Crippen LogP contribution in [0.15, 0.2) is 34.2 Å². The van der Waals surface area contributed by atoms with Crippen LogP contribution in [0.2, 0.25) is 0 Å². The molecule has 1 aromatic heterocycles. The summed E-state index contributed by atoms with van der Waals surface area (Å²) in [5, 5.41) is 0.557. The molecule has 0 radical (unpaired) electrons. The highest BCUT2D eigenvalue weighted by atomic mass is 32.2. The first-order valence-corrected chi connectivity index (χ1v) is 6.66. The molecular weight excluding hydrogens is 268 g/mol. The van der Waals surface area contributed by atoms with Gasteiger partial charge >= 0.3 is 0 Å². The van der Waals surface area contributed by atoms with Crippen molar-refractivity contribution in [1.29, 1.82) is 0 Å². The minimum Gasteiger partial charge on any atom is -0.384 e. The van der Waals surface area contributed by atoms with Crippen LogP contribution in [-0.4, -0.2) is 9.97 Å². The molecule has 0 amide bonds. The Kier molecular flexibility index (Phi) is 4.31. The summed E-state index contributed by atoms with van der Waals surface area (Å²) in [6.07, 6.45) is 1.61. The minimum atomic E-state index is -0.612. The molecule has 0 aliphatic rings. The monoisotopic (exact) mass is 281 g/mol. The van der Waals surface area contributed by atoms with Crippen molar-refractivity contribution in [3.63, 3.8) is 0 Å². The van der Waals surface area contributed by atoms with Gasteiger partial charge in [0.15, 0.2) is 0 Å². The average molecular weight is 281 g/mol. The number of rotatable bonds is 4. The fourth-order valence-corrected chi connectivity index (χ4v) is 2.40. The highest BCUT2D eigenvalue weighted by Gasteiger charge is 2.09. The largest absolute Gasteiger partial charge is 0.384 e. The topological polar surface area (TPSA) is 51.8 Å². The lowest BCUT2D eigenvalue weighted by atomic mass is 10.3. The molecule has 0 bridgehead atoms. The van der Waals surface area contributed by atoms with Gasteiger partial charge in [-0.15, -0.1) is 0 Å². The van der Waals surface area contributed by atoms with Crippen molar-refractivity contribution in [3.8, 4) is 0 Å². The summed E-state index contributed by atoms with van der Waals surface area (Å²) in [5.41, 5.74) is 5.69. The van der Waals surface area contributed by atoms with Gasteiger partial charge in [-0.3, -0.25) is 0 Å². The van der Waals surface area contributed by atoms with Crippen LogP contribution in [0.3, 0.4) is 0 Å². The van der Waals surface area contributed by atoms with Crippen molar-refractivity contribution in [2.75, 3.05) is 5.73 Å². The lowest BCUT2D eigenvalue weighted by Crippen LogP contribution is -2.00. The SMILES string of the molecule is CCCc1nc(N)cc(Sc2ccc(F)cc2F)n1. The zero-order chi connectivity index (χ0) is 13.8. The van der Waals surface area contributed by atoms with E-state index in [1.54, 1.807) is 6.07 Å². The van der Waals surface area contributed by atoms with Crippen molar-refractivity contribution in [2.24, 2.45) is 0 Å². The van der Waals surface area contributed by atoms with Crippen molar-refractivity contribution in [2.45, 2.75) is 29.7 Å². The Labute approximate surface area is 114 Å². The van der Waals surface area contributed by atoms with E-state index in [2.05, 4.69) is 9.97 Å². The van der Waals surface area contributed by atoms with E-state index < -0.39 is 11.6 Å². The van der Waals surface area contributed by atoms with E-state index in [-0.39, 0.29) is 0 Å². The Morgan fingerprint density at radius 3 is 2.68 bits per heavy atom. The maximum Gasteiger partial charge on any atom is 0.140 e. The van der Waals surface area contributed by atoms with Gasteiger partial charge in [-0.25, -0.2) is 18.7 Å². The van der Waals surface area contributed by atoms with Gasteiger partial charge in [0.25, 0.3) is 0 Å². The molecule has 0 saturated heterocycles. The lowest BCUT2D eigenvalue weighted by Gasteiger charge is -2.05. The average Bonchev–Trinajstić information content (AvgIpc) is 2.32. The number of aromatic nitrogens is 2. The summed E-state index contributed by atoms with van der Waals surface area (Å²) in [7, 11) is 0. The van der Waals surface area contributed by atoms with Crippen LogP contribution in [-0.2, 0) is 6.42 Å². The molecule has 2 N–H and O–H groups in total. The number of nitrogens with two attached hydrogens (primary N) is 1. The smallest absolute Gasteiger partial charge is 0.140 e. The molecule has 0 aliphatic heterocycles. The van der Waals surface area contributed by atoms with Crippen molar-refractivity contribution in [3.05, 3.63) is 41.7 Å². The molecule has 2 rings (SSSR count). The molecule has 0 saturated carbocycles. The second kappa shape index (κ2) is 5.97. The van der Waals surface area contributed by atoms with Crippen molar-refractivity contribution in [1.82, 2.24) is 9.97 Å². The Balaban J connectivity index is 2.27. The highest BCUT2D eigenvalue weighted by Crippen LogP contribution is 2.29. The molecule has 0 atom stereocenters. The van der Waals surface area contributed by atoms with Gasteiger partial charge in [0, 0.05) is 23.4 Å². The summed E-state index contributed by atoms with van der Waals surface area (Å²) in [5.74, 6) is -0.231. The molecule has 0 spiro atoms. The van der Waals surface area contributed by atoms with Gasteiger partial charge in [0.2, 0.25) is 0 Å². The van der Waals surface area contributed by atoms with Crippen LogP contribution >= 0.6 is 11.8 Å². The summed E-state index contributed by atoms with van der Waals surface area (Å²) >= 11 is 1.10. The van der Waals surface area contributed by atoms with Crippen LogP contribution in [0.1, 0.15) is 19.2 Å². The van der Waals surface area contributed by atoms with Gasteiger partial charge in [-0.2, -0.15) is 0 Å². The van der Waals surface area contributed by atoms with Gasteiger partial charge in [0.05, 0.1) is 0 Å². The van der Waals surface area contributed by atoms with Crippen LogP contribution < -0.4 is 5.73 Å². The number of hydrogen-bond donors (Lipinski definition) is 1. The molecule has 3 nitrogen and oxygen atoms in total. The second-order valence-electron chi connectivity index (χ2n) is 3.97. The van der Waals surface area contributed by atoms with E-state index in [1.165, 1.54) is 12.1 Å². The summed E-state index contributed by atoms with van der Waals surface area (Å²) in [6, 6.07) is 5.02. The van der Waals surface area contributed by atoms with Crippen molar-refractivity contribution >= 4 is 17.6 Å². The predicted octanol–water partition coefficient (Wildman–Crippen LogP) is 3.44. The first kappa shape index (κ1) is 13.7. The zero-order valence-electron chi connectivity index (χ0n) is 10.4. The van der Waals surface area contributed by atoms with Gasteiger partial charge in [0.1, 0.15) is 28.3 Å². The summed E-state index contributed by atoms with van der Waals surface area (Å²) < 4.78 is 26.4. The number of halogens is 2. The number of anilines is 1. The summed E-state index contributed by atoms with van der Waals surface area (Å²) in [6.45, 7) is 2.01. The van der Waals surface area contributed by atoms with E-state index in [0.717, 1.165) is 24.2 Å². The molecular formula is C13H13F2N3S. The second-order valence-corrected chi connectivity index (χ2v) is 5.04. The van der Waals surface area contributed by atoms with E-state index in [1.807, 2.05) is 6.92 Å². The predicted molar refractivity (Wildman–Crippen MR) is 70.9 cm³/mol.